The van der Waals surface area contributed by atoms with Crippen molar-refractivity contribution in [1.82, 2.24) is 4.98 Å². The summed E-state index contributed by atoms with van der Waals surface area (Å²) >= 11 is 0. The van der Waals surface area contributed by atoms with Gasteiger partial charge in [0.15, 0.2) is 0 Å². The number of aromatic nitrogens is 1. The van der Waals surface area contributed by atoms with Gasteiger partial charge in [0.1, 0.15) is 0 Å². The molecule has 2 rings (SSSR count). The molecule has 0 bridgehead atoms. The molecule has 1 heterocycles. The van der Waals surface area contributed by atoms with E-state index in [0.29, 0.717) is 16.8 Å². The fourth-order valence-electron chi connectivity index (χ4n) is 1.56. The second-order valence-corrected chi connectivity index (χ2v) is 4.22. The van der Waals surface area contributed by atoms with Crippen LogP contribution < -0.4 is 0 Å². The van der Waals surface area contributed by atoms with Gasteiger partial charge in [-0.05, 0) is 23.5 Å². The van der Waals surface area contributed by atoms with Crippen molar-refractivity contribution in [2.45, 2.75) is 27.1 Å². The number of aryl methyl sites for hydroxylation is 1. The summed E-state index contributed by atoms with van der Waals surface area (Å²) in [4.78, 5) is 4.28. The maximum atomic E-state index is 8.05. The SMILES string of the molecule is [2H]C([2H])([2H])c1c[c-]c(-c2ccc(C([2H])([2H])C(C)C)cn2)cc1.[Ir]. The van der Waals surface area contributed by atoms with Gasteiger partial charge in [-0.3, -0.25) is 0 Å². The maximum absolute atomic E-state index is 8.05. The molecule has 0 saturated heterocycles. The number of hydrogen-bond acceptors (Lipinski definition) is 1. The molecule has 0 aliphatic carbocycles. The summed E-state index contributed by atoms with van der Waals surface area (Å²) in [5.41, 5.74) is 2.10. The Kier molecular flexibility index (Phi) is 3.41. The van der Waals surface area contributed by atoms with Crippen molar-refractivity contribution in [1.29, 1.82) is 0 Å². The van der Waals surface area contributed by atoms with Crippen LogP contribution in [0.2, 0.25) is 0 Å². The average molecular weight is 422 g/mol. The summed E-state index contributed by atoms with van der Waals surface area (Å²) in [5.74, 6) is -0.148. The molecular weight excluding hydrogens is 398 g/mol. The maximum Gasteiger partial charge on any atom is 0.0319 e. The van der Waals surface area contributed by atoms with Crippen LogP contribution in [0, 0.1) is 18.8 Å². The Bertz CT molecular complexity index is 633. The van der Waals surface area contributed by atoms with Crippen LogP contribution in [0.25, 0.3) is 11.3 Å². The summed E-state index contributed by atoms with van der Waals surface area (Å²) in [6, 6.07) is 11.0. The van der Waals surface area contributed by atoms with Crippen molar-refractivity contribution in [3.63, 3.8) is 0 Å². The molecule has 0 aliphatic rings. The van der Waals surface area contributed by atoms with E-state index in [4.69, 9.17) is 6.85 Å². The second-order valence-electron chi connectivity index (χ2n) is 4.22. The van der Waals surface area contributed by atoms with Crippen LogP contribution in [0.1, 0.15) is 31.8 Å². The van der Waals surface area contributed by atoms with Crippen LogP contribution in [-0.2, 0) is 26.5 Å². The van der Waals surface area contributed by atoms with Gasteiger partial charge < -0.3 is 4.98 Å². The standard InChI is InChI=1S/C16H18N.Ir/c1-12(2)10-14-6-9-16(17-11-14)15-7-4-13(3)5-8-15;/h4-7,9,11-12H,10H2,1-3H3;/q-1;/i3D3,10D2;. The first-order chi connectivity index (χ1) is 10.1. The van der Waals surface area contributed by atoms with Gasteiger partial charge in [0.25, 0.3) is 0 Å². The van der Waals surface area contributed by atoms with E-state index in [1.165, 1.54) is 12.3 Å². The number of pyridine rings is 1. The predicted molar refractivity (Wildman–Crippen MR) is 71.8 cm³/mol. The van der Waals surface area contributed by atoms with Crippen molar-refractivity contribution in [3.05, 3.63) is 53.7 Å². The van der Waals surface area contributed by atoms with Crippen molar-refractivity contribution in [2.75, 3.05) is 0 Å². The zero-order valence-corrected chi connectivity index (χ0v) is 12.7. The zero-order valence-electron chi connectivity index (χ0n) is 15.3. The molecule has 2 aromatic rings. The first-order valence-electron chi connectivity index (χ1n) is 8.11. The molecule has 2 heteroatoms. The molecule has 0 saturated carbocycles. The van der Waals surface area contributed by atoms with E-state index in [1.807, 2.05) is 13.8 Å². The fraction of sp³-hybridized carbons (Fsp3) is 0.312. The van der Waals surface area contributed by atoms with Crippen LogP contribution in [0.5, 0.6) is 0 Å². The van der Waals surface area contributed by atoms with Crippen molar-refractivity contribution >= 4 is 0 Å². The van der Waals surface area contributed by atoms with Crippen LogP contribution in [0.4, 0.5) is 0 Å². The van der Waals surface area contributed by atoms with Crippen LogP contribution in [0.3, 0.4) is 0 Å². The molecule has 1 radical (unpaired) electrons. The van der Waals surface area contributed by atoms with E-state index in [-0.39, 0.29) is 31.6 Å². The number of benzene rings is 1. The molecule has 0 aliphatic heterocycles. The molecule has 0 fully saturated rings. The molecule has 1 aromatic carbocycles. The number of rotatable bonds is 3. The summed E-state index contributed by atoms with van der Waals surface area (Å²) in [5, 5.41) is 0. The third-order valence-corrected chi connectivity index (χ3v) is 2.31. The van der Waals surface area contributed by atoms with Crippen molar-refractivity contribution in [2.24, 2.45) is 5.92 Å². The summed E-state index contributed by atoms with van der Waals surface area (Å²) in [7, 11) is 0. The van der Waals surface area contributed by atoms with E-state index in [0.717, 1.165) is 0 Å². The predicted octanol–water partition coefficient (Wildman–Crippen LogP) is 4.05. The summed E-state index contributed by atoms with van der Waals surface area (Å²) in [6.45, 7) is 1.52. The number of hydrogen-bond donors (Lipinski definition) is 0. The minimum atomic E-state index is -2.14. The summed E-state index contributed by atoms with van der Waals surface area (Å²) < 4.78 is 38.1. The first-order valence-corrected chi connectivity index (χ1v) is 5.61. The smallest absolute Gasteiger partial charge is 0.0319 e. The fourth-order valence-corrected chi connectivity index (χ4v) is 1.56. The van der Waals surface area contributed by atoms with Gasteiger partial charge in [-0.25, -0.2) is 0 Å². The molecule has 97 valence electrons. The molecule has 0 amide bonds. The average Bonchev–Trinajstić information content (AvgIpc) is 2.46. The van der Waals surface area contributed by atoms with Gasteiger partial charge in [0.2, 0.25) is 0 Å². The monoisotopic (exact) mass is 422 g/mol. The first kappa shape index (κ1) is 9.01. The Balaban J connectivity index is 0.00000264. The Morgan fingerprint density at radius 2 is 2.17 bits per heavy atom. The van der Waals surface area contributed by atoms with E-state index >= 15 is 0 Å². The van der Waals surface area contributed by atoms with Crippen LogP contribution in [0.15, 0.2) is 36.5 Å². The van der Waals surface area contributed by atoms with E-state index in [1.54, 1.807) is 24.3 Å². The van der Waals surface area contributed by atoms with Gasteiger partial charge in [0, 0.05) is 33.2 Å². The molecule has 1 aromatic heterocycles. The van der Waals surface area contributed by atoms with E-state index in [2.05, 4.69) is 11.1 Å². The van der Waals surface area contributed by atoms with Gasteiger partial charge in [0.05, 0.1) is 0 Å². The third kappa shape index (κ3) is 4.04. The molecule has 0 spiro atoms. The largest absolute Gasteiger partial charge is 0.304 e. The van der Waals surface area contributed by atoms with Crippen molar-refractivity contribution in [3.8, 4) is 11.3 Å². The summed E-state index contributed by atoms with van der Waals surface area (Å²) in [6.07, 6.45) is 0.0984. The zero-order chi connectivity index (χ0) is 16.5. The minimum Gasteiger partial charge on any atom is -0.304 e. The van der Waals surface area contributed by atoms with E-state index in [9.17, 15) is 0 Å². The normalized spacial score (nSPS) is 15.8. The molecule has 1 nitrogen and oxygen atoms in total. The minimum absolute atomic E-state index is 0. The number of nitrogens with zero attached hydrogens (tertiary/aromatic N) is 1. The molecule has 0 N–H and O–H groups in total. The van der Waals surface area contributed by atoms with Crippen molar-refractivity contribution < 1.29 is 27.0 Å². The van der Waals surface area contributed by atoms with Gasteiger partial charge >= 0.3 is 0 Å². The third-order valence-electron chi connectivity index (χ3n) is 2.31. The quantitative estimate of drug-likeness (QED) is 0.682. The van der Waals surface area contributed by atoms with Gasteiger partial charge in [-0.15, -0.1) is 35.4 Å². The molecular formula is C16H18IrN-. The molecule has 18 heavy (non-hydrogen) atoms. The van der Waals surface area contributed by atoms with E-state index < -0.39 is 13.2 Å². The Morgan fingerprint density at radius 1 is 1.33 bits per heavy atom. The van der Waals surface area contributed by atoms with Crippen LogP contribution in [-0.4, -0.2) is 4.98 Å². The molecule has 0 unspecified atom stereocenters. The van der Waals surface area contributed by atoms with Crippen LogP contribution >= 0.6 is 0 Å². The molecule has 0 atom stereocenters. The Morgan fingerprint density at radius 3 is 2.67 bits per heavy atom. The topological polar surface area (TPSA) is 12.9 Å². The van der Waals surface area contributed by atoms with Gasteiger partial charge in [-0.1, -0.05) is 32.8 Å². The Labute approximate surface area is 130 Å². The Hall–Kier alpha value is -0.981. The van der Waals surface area contributed by atoms with Gasteiger partial charge in [-0.2, -0.15) is 0 Å². The second kappa shape index (κ2) is 6.82.